The van der Waals surface area contributed by atoms with E-state index in [1.165, 1.54) is 19.4 Å². The molecular formula is C17H30N6O. The number of aromatic nitrogens is 3. The van der Waals surface area contributed by atoms with Crippen molar-refractivity contribution in [2.24, 2.45) is 5.92 Å². The van der Waals surface area contributed by atoms with E-state index in [4.69, 9.17) is 0 Å². The summed E-state index contributed by atoms with van der Waals surface area (Å²) < 4.78 is 1.86. The van der Waals surface area contributed by atoms with Crippen LogP contribution in [0, 0.1) is 5.92 Å². The Morgan fingerprint density at radius 2 is 2.17 bits per heavy atom. The molecular weight excluding hydrogens is 304 g/mol. The van der Waals surface area contributed by atoms with Crippen LogP contribution in [0.3, 0.4) is 0 Å². The Bertz CT molecular complexity index is 537. The van der Waals surface area contributed by atoms with Gasteiger partial charge >= 0.3 is 0 Å². The molecule has 2 N–H and O–H groups in total. The van der Waals surface area contributed by atoms with E-state index < -0.39 is 0 Å². The van der Waals surface area contributed by atoms with Crippen molar-refractivity contribution in [1.29, 1.82) is 0 Å². The van der Waals surface area contributed by atoms with Crippen LogP contribution in [0.5, 0.6) is 0 Å². The second kappa shape index (κ2) is 8.07. The molecule has 2 aliphatic rings. The monoisotopic (exact) mass is 334 g/mol. The SMILES string of the molecule is CC(C)N1CCCC(CNC(=O)c2cn(C3CCNCC3)nn2)C1. The molecule has 2 fully saturated rings. The molecule has 2 aliphatic heterocycles. The largest absolute Gasteiger partial charge is 0.350 e. The zero-order chi connectivity index (χ0) is 16.9. The van der Waals surface area contributed by atoms with E-state index >= 15 is 0 Å². The third-order valence-electron chi connectivity index (χ3n) is 5.26. The van der Waals surface area contributed by atoms with Gasteiger partial charge in [0, 0.05) is 19.1 Å². The van der Waals surface area contributed by atoms with Crippen LogP contribution in [0.4, 0.5) is 0 Å². The van der Waals surface area contributed by atoms with Gasteiger partial charge in [-0.2, -0.15) is 0 Å². The van der Waals surface area contributed by atoms with Crippen molar-refractivity contribution in [3.8, 4) is 0 Å². The van der Waals surface area contributed by atoms with Crippen molar-refractivity contribution in [3.05, 3.63) is 11.9 Å². The number of nitrogens with one attached hydrogen (secondary N) is 2. The first-order valence-corrected chi connectivity index (χ1v) is 9.28. The lowest BCUT2D eigenvalue weighted by atomic mass is 9.97. The Hall–Kier alpha value is -1.47. The zero-order valence-electron chi connectivity index (χ0n) is 14.9. The molecule has 2 saturated heterocycles. The fourth-order valence-electron chi connectivity index (χ4n) is 3.69. The highest BCUT2D eigenvalue weighted by atomic mass is 16.2. The third kappa shape index (κ3) is 4.33. The van der Waals surface area contributed by atoms with Gasteiger partial charge in [-0.3, -0.25) is 4.79 Å². The molecule has 7 heteroatoms. The average molecular weight is 334 g/mol. The quantitative estimate of drug-likeness (QED) is 0.842. The van der Waals surface area contributed by atoms with Gasteiger partial charge in [0.25, 0.3) is 5.91 Å². The molecule has 134 valence electrons. The highest BCUT2D eigenvalue weighted by Crippen LogP contribution is 2.18. The molecule has 0 aromatic carbocycles. The number of hydrogen-bond acceptors (Lipinski definition) is 5. The van der Waals surface area contributed by atoms with Crippen LogP contribution in [0.25, 0.3) is 0 Å². The number of nitrogens with zero attached hydrogens (tertiary/aromatic N) is 4. The second-order valence-corrected chi connectivity index (χ2v) is 7.37. The number of carbonyl (C=O) groups is 1. The van der Waals surface area contributed by atoms with Crippen molar-refractivity contribution in [1.82, 2.24) is 30.5 Å². The highest BCUT2D eigenvalue weighted by Gasteiger charge is 2.23. The highest BCUT2D eigenvalue weighted by molar-refractivity contribution is 5.91. The lowest BCUT2D eigenvalue weighted by Crippen LogP contribution is -2.43. The number of amides is 1. The first-order chi connectivity index (χ1) is 11.6. The summed E-state index contributed by atoms with van der Waals surface area (Å²) in [5.74, 6) is 0.432. The van der Waals surface area contributed by atoms with Crippen LogP contribution in [0.2, 0.25) is 0 Å². The smallest absolute Gasteiger partial charge is 0.273 e. The lowest BCUT2D eigenvalue weighted by Gasteiger charge is -2.35. The van der Waals surface area contributed by atoms with Gasteiger partial charge in [0.15, 0.2) is 5.69 Å². The van der Waals surface area contributed by atoms with Crippen LogP contribution < -0.4 is 10.6 Å². The number of likely N-dealkylation sites (tertiary alicyclic amines) is 1. The third-order valence-corrected chi connectivity index (χ3v) is 5.26. The Labute approximate surface area is 144 Å². The van der Waals surface area contributed by atoms with E-state index in [-0.39, 0.29) is 5.91 Å². The van der Waals surface area contributed by atoms with E-state index in [1.54, 1.807) is 6.20 Å². The first kappa shape index (κ1) is 17.4. The second-order valence-electron chi connectivity index (χ2n) is 7.37. The summed E-state index contributed by atoms with van der Waals surface area (Å²) in [5, 5.41) is 14.6. The van der Waals surface area contributed by atoms with Crippen LogP contribution in [-0.4, -0.2) is 64.6 Å². The number of piperidine rings is 2. The summed E-state index contributed by atoms with van der Waals surface area (Å²) in [4.78, 5) is 14.8. The average Bonchev–Trinajstić information content (AvgIpc) is 3.11. The van der Waals surface area contributed by atoms with E-state index in [2.05, 4.69) is 39.7 Å². The lowest BCUT2D eigenvalue weighted by molar-refractivity contribution is 0.0917. The van der Waals surface area contributed by atoms with Gasteiger partial charge in [-0.25, -0.2) is 4.68 Å². The summed E-state index contributed by atoms with van der Waals surface area (Å²) in [6, 6.07) is 0.937. The maximum absolute atomic E-state index is 12.3. The van der Waals surface area contributed by atoms with Crippen molar-refractivity contribution < 1.29 is 4.79 Å². The molecule has 7 nitrogen and oxygen atoms in total. The molecule has 3 heterocycles. The predicted octanol–water partition coefficient (Wildman–Crippen LogP) is 1.05. The van der Waals surface area contributed by atoms with Gasteiger partial charge in [0.1, 0.15) is 0 Å². The molecule has 0 spiro atoms. The topological polar surface area (TPSA) is 75.1 Å². The fourth-order valence-corrected chi connectivity index (χ4v) is 3.69. The van der Waals surface area contributed by atoms with Crippen LogP contribution in [-0.2, 0) is 0 Å². The minimum atomic E-state index is -0.100. The molecule has 1 aromatic heterocycles. The summed E-state index contributed by atoms with van der Waals surface area (Å²) in [5.41, 5.74) is 0.435. The van der Waals surface area contributed by atoms with Gasteiger partial charge in [-0.15, -0.1) is 5.10 Å². The summed E-state index contributed by atoms with van der Waals surface area (Å²) in [7, 11) is 0. The Balaban J connectivity index is 1.49. The molecule has 1 amide bonds. The molecule has 0 aliphatic carbocycles. The number of rotatable bonds is 5. The molecule has 0 radical (unpaired) electrons. The van der Waals surface area contributed by atoms with Crippen molar-refractivity contribution in [3.63, 3.8) is 0 Å². The van der Waals surface area contributed by atoms with Crippen molar-refractivity contribution in [2.75, 3.05) is 32.7 Å². The standard InChI is InChI=1S/C17H30N6O/c1-13(2)22-9-3-4-14(11-22)10-19-17(24)16-12-23(21-20-16)15-5-7-18-8-6-15/h12-15,18H,3-11H2,1-2H3,(H,19,24). The van der Waals surface area contributed by atoms with E-state index in [1.807, 2.05) is 4.68 Å². The Morgan fingerprint density at radius 1 is 1.38 bits per heavy atom. The van der Waals surface area contributed by atoms with Crippen molar-refractivity contribution >= 4 is 5.91 Å². The molecule has 3 rings (SSSR count). The zero-order valence-corrected chi connectivity index (χ0v) is 14.9. The summed E-state index contributed by atoms with van der Waals surface area (Å²) >= 11 is 0. The van der Waals surface area contributed by atoms with Gasteiger partial charge in [0.05, 0.1) is 12.2 Å². The Kier molecular flexibility index (Phi) is 5.84. The van der Waals surface area contributed by atoms with Crippen LogP contribution in [0.15, 0.2) is 6.20 Å². The molecule has 1 unspecified atom stereocenters. The van der Waals surface area contributed by atoms with Gasteiger partial charge < -0.3 is 15.5 Å². The number of carbonyl (C=O) groups excluding carboxylic acids is 1. The van der Waals surface area contributed by atoms with Gasteiger partial charge in [0.2, 0.25) is 0 Å². The first-order valence-electron chi connectivity index (χ1n) is 9.28. The maximum atomic E-state index is 12.3. The molecule has 1 aromatic rings. The summed E-state index contributed by atoms with van der Waals surface area (Å²) in [6.45, 7) is 9.44. The maximum Gasteiger partial charge on any atom is 0.273 e. The number of hydrogen-bond donors (Lipinski definition) is 2. The summed E-state index contributed by atoms with van der Waals surface area (Å²) in [6.07, 6.45) is 6.28. The fraction of sp³-hybridized carbons (Fsp3) is 0.824. The Morgan fingerprint density at radius 3 is 2.92 bits per heavy atom. The molecule has 1 atom stereocenters. The minimum Gasteiger partial charge on any atom is -0.350 e. The van der Waals surface area contributed by atoms with E-state index in [0.717, 1.165) is 39.0 Å². The predicted molar refractivity (Wildman–Crippen MR) is 92.9 cm³/mol. The van der Waals surface area contributed by atoms with Gasteiger partial charge in [-0.1, -0.05) is 5.21 Å². The van der Waals surface area contributed by atoms with Crippen LogP contribution >= 0.6 is 0 Å². The molecule has 24 heavy (non-hydrogen) atoms. The van der Waals surface area contributed by atoms with Crippen LogP contribution in [0.1, 0.15) is 56.1 Å². The van der Waals surface area contributed by atoms with Crippen molar-refractivity contribution in [2.45, 2.75) is 51.6 Å². The molecule has 0 saturated carbocycles. The molecule has 0 bridgehead atoms. The van der Waals surface area contributed by atoms with Gasteiger partial charge in [-0.05, 0) is 65.1 Å². The van der Waals surface area contributed by atoms with E-state index in [0.29, 0.717) is 23.7 Å². The van der Waals surface area contributed by atoms with E-state index in [9.17, 15) is 4.79 Å². The normalized spacial score (nSPS) is 23.5. The minimum absolute atomic E-state index is 0.100.